The van der Waals surface area contributed by atoms with Crippen LogP contribution in [0.25, 0.3) is 10.9 Å². The molecule has 166 valence electrons. The van der Waals surface area contributed by atoms with Crippen LogP contribution in [0.4, 0.5) is 0 Å². The predicted octanol–water partition coefficient (Wildman–Crippen LogP) is 0.0502. The highest BCUT2D eigenvalue weighted by molar-refractivity contribution is 6.03. The van der Waals surface area contributed by atoms with Gasteiger partial charge < -0.3 is 24.8 Å². The van der Waals surface area contributed by atoms with Crippen molar-refractivity contribution in [3.05, 3.63) is 36.0 Å². The molecular weight excluding hydrogens is 398 g/mol. The van der Waals surface area contributed by atoms with Gasteiger partial charge in [0.2, 0.25) is 11.8 Å². The molecule has 1 aromatic heterocycles. The fourth-order valence-corrected chi connectivity index (χ4v) is 4.18. The van der Waals surface area contributed by atoms with Crippen LogP contribution >= 0.6 is 0 Å². The second-order valence-electron chi connectivity index (χ2n) is 8.30. The van der Waals surface area contributed by atoms with Crippen molar-refractivity contribution in [3.63, 3.8) is 0 Å². The third kappa shape index (κ3) is 4.15. The van der Waals surface area contributed by atoms with E-state index in [9.17, 15) is 14.4 Å². The quantitative estimate of drug-likeness (QED) is 0.679. The van der Waals surface area contributed by atoms with Crippen LogP contribution in [0.3, 0.4) is 0 Å². The minimum atomic E-state index is -1.10. The number of carbonyl (C=O) groups is 3. The minimum Gasteiger partial charge on any atom is -0.379 e. The molecule has 1 aromatic carbocycles. The second-order valence-corrected chi connectivity index (χ2v) is 8.30. The molecule has 1 fully saturated rings. The van der Waals surface area contributed by atoms with Crippen LogP contribution < -0.4 is 10.6 Å². The van der Waals surface area contributed by atoms with Crippen LogP contribution in [0.15, 0.2) is 30.3 Å². The Balaban J connectivity index is 1.36. The number of likely N-dealkylation sites (N-methyl/N-ethyl adjacent to an activating group) is 1. The van der Waals surface area contributed by atoms with E-state index in [0.29, 0.717) is 32.0 Å². The Labute approximate surface area is 181 Å². The van der Waals surface area contributed by atoms with Crippen molar-refractivity contribution in [3.8, 4) is 0 Å². The van der Waals surface area contributed by atoms with Gasteiger partial charge in [-0.3, -0.25) is 19.3 Å². The van der Waals surface area contributed by atoms with Crippen molar-refractivity contribution in [2.45, 2.75) is 19.0 Å². The number of para-hydroxylation sites is 1. The van der Waals surface area contributed by atoms with Crippen molar-refractivity contribution < 1.29 is 19.1 Å². The van der Waals surface area contributed by atoms with Gasteiger partial charge in [0.25, 0.3) is 5.91 Å². The number of benzene rings is 1. The SMILES string of the molecule is CN1C(=O)c2cc3ccccc3n2C[C@]1(C)C(=O)NCC(=O)NCCN1CCOCC1. The number of hydrogen-bond donors (Lipinski definition) is 2. The van der Waals surface area contributed by atoms with E-state index in [1.165, 1.54) is 4.90 Å². The molecule has 0 bridgehead atoms. The summed E-state index contributed by atoms with van der Waals surface area (Å²) in [4.78, 5) is 41.9. The summed E-state index contributed by atoms with van der Waals surface area (Å²) >= 11 is 0. The van der Waals surface area contributed by atoms with Gasteiger partial charge in [0.15, 0.2) is 0 Å². The molecule has 3 amide bonds. The van der Waals surface area contributed by atoms with Crippen LogP contribution in [-0.2, 0) is 20.9 Å². The molecule has 2 N–H and O–H groups in total. The molecule has 9 heteroatoms. The first-order chi connectivity index (χ1) is 14.9. The maximum Gasteiger partial charge on any atom is 0.271 e. The Morgan fingerprint density at radius 1 is 1.16 bits per heavy atom. The zero-order valence-corrected chi connectivity index (χ0v) is 18.0. The summed E-state index contributed by atoms with van der Waals surface area (Å²) in [5, 5.41) is 6.51. The lowest BCUT2D eigenvalue weighted by molar-refractivity contribution is -0.134. The lowest BCUT2D eigenvalue weighted by Crippen LogP contribution is -2.63. The molecule has 2 aliphatic rings. The number of rotatable bonds is 6. The molecule has 0 aliphatic carbocycles. The molecule has 0 spiro atoms. The molecule has 1 saturated heterocycles. The molecule has 2 aromatic rings. The lowest BCUT2D eigenvalue weighted by Gasteiger charge is -2.41. The highest BCUT2D eigenvalue weighted by Crippen LogP contribution is 2.31. The van der Waals surface area contributed by atoms with Gasteiger partial charge in [0.05, 0.1) is 26.3 Å². The molecule has 4 rings (SSSR count). The number of carbonyl (C=O) groups excluding carboxylic acids is 3. The number of aromatic nitrogens is 1. The topological polar surface area (TPSA) is 95.9 Å². The zero-order valence-electron chi connectivity index (χ0n) is 18.0. The van der Waals surface area contributed by atoms with Crippen molar-refractivity contribution >= 4 is 28.6 Å². The summed E-state index contributed by atoms with van der Waals surface area (Å²) in [5.74, 6) is -0.813. The first-order valence-electron chi connectivity index (χ1n) is 10.6. The van der Waals surface area contributed by atoms with E-state index >= 15 is 0 Å². The Kier molecular flexibility index (Phi) is 5.97. The normalized spacial score (nSPS) is 21.7. The lowest BCUT2D eigenvalue weighted by atomic mass is 9.95. The Hall–Kier alpha value is -2.91. The average molecular weight is 428 g/mol. The number of ether oxygens (including phenoxy) is 1. The van der Waals surface area contributed by atoms with E-state index in [1.54, 1.807) is 14.0 Å². The first kappa shape index (κ1) is 21.3. The van der Waals surface area contributed by atoms with Crippen LogP contribution in [0.5, 0.6) is 0 Å². The fraction of sp³-hybridized carbons (Fsp3) is 0.500. The maximum atomic E-state index is 13.0. The van der Waals surface area contributed by atoms with E-state index in [0.717, 1.165) is 30.5 Å². The van der Waals surface area contributed by atoms with Crippen LogP contribution in [-0.4, -0.2) is 90.6 Å². The smallest absolute Gasteiger partial charge is 0.271 e. The molecule has 0 saturated carbocycles. The number of morpholine rings is 1. The number of nitrogens with zero attached hydrogens (tertiary/aromatic N) is 3. The van der Waals surface area contributed by atoms with E-state index in [1.807, 2.05) is 34.9 Å². The Morgan fingerprint density at radius 3 is 2.68 bits per heavy atom. The standard InChI is InChI=1S/C22H29N5O4/c1-22(21(30)24-14-19(28)23-7-8-26-9-11-31-12-10-26)15-27-17-6-4-3-5-16(17)13-18(27)20(29)25(22)2/h3-6,13H,7-12,14-15H2,1-2H3,(H,23,28)(H,24,30)/t22-/m1/s1. The molecule has 9 nitrogen and oxygen atoms in total. The van der Waals surface area contributed by atoms with Gasteiger partial charge in [0, 0.05) is 44.1 Å². The van der Waals surface area contributed by atoms with Gasteiger partial charge >= 0.3 is 0 Å². The summed E-state index contributed by atoms with van der Waals surface area (Å²) in [6.45, 7) is 6.35. The fourth-order valence-electron chi connectivity index (χ4n) is 4.18. The van der Waals surface area contributed by atoms with Gasteiger partial charge in [-0.25, -0.2) is 0 Å². The van der Waals surface area contributed by atoms with Crippen LogP contribution in [0.1, 0.15) is 17.4 Å². The molecule has 1 atom stereocenters. The Morgan fingerprint density at radius 2 is 1.90 bits per heavy atom. The van der Waals surface area contributed by atoms with Gasteiger partial charge in [-0.05, 0) is 19.1 Å². The minimum absolute atomic E-state index is 0.126. The maximum absolute atomic E-state index is 13.0. The van der Waals surface area contributed by atoms with Crippen molar-refractivity contribution in [1.29, 1.82) is 0 Å². The molecule has 0 radical (unpaired) electrons. The molecule has 3 heterocycles. The van der Waals surface area contributed by atoms with E-state index in [2.05, 4.69) is 15.5 Å². The van der Waals surface area contributed by atoms with E-state index in [-0.39, 0.29) is 24.3 Å². The van der Waals surface area contributed by atoms with E-state index < -0.39 is 5.54 Å². The zero-order chi connectivity index (χ0) is 22.0. The Bertz CT molecular complexity index is 997. The first-order valence-corrected chi connectivity index (χ1v) is 10.6. The largest absolute Gasteiger partial charge is 0.379 e. The summed E-state index contributed by atoms with van der Waals surface area (Å²) in [6, 6.07) is 9.58. The second kappa shape index (κ2) is 8.68. The van der Waals surface area contributed by atoms with Gasteiger partial charge in [-0.2, -0.15) is 0 Å². The summed E-state index contributed by atoms with van der Waals surface area (Å²) < 4.78 is 7.20. The number of fused-ring (bicyclic) bond motifs is 3. The monoisotopic (exact) mass is 427 g/mol. The van der Waals surface area contributed by atoms with Crippen molar-refractivity contribution in [2.75, 3.05) is 53.0 Å². The average Bonchev–Trinajstić information content (AvgIpc) is 3.15. The number of nitrogens with one attached hydrogen (secondary N) is 2. The number of amides is 3. The summed E-state index contributed by atoms with van der Waals surface area (Å²) in [6.07, 6.45) is 0. The molecule has 2 aliphatic heterocycles. The van der Waals surface area contributed by atoms with Crippen LogP contribution in [0.2, 0.25) is 0 Å². The van der Waals surface area contributed by atoms with Crippen LogP contribution in [0, 0.1) is 0 Å². The molecule has 0 unspecified atom stereocenters. The van der Waals surface area contributed by atoms with Gasteiger partial charge in [-0.15, -0.1) is 0 Å². The van der Waals surface area contributed by atoms with E-state index in [4.69, 9.17) is 4.74 Å². The van der Waals surface area contributed by atoms with Crippen molar-refractivity contribution in [2.24, 2.45) is 0 Å². The highest BCUT2D eigenvalue weighted by atomic mass is 16.5. The summed E-state index contributed by atoms with van der Waals surface area (Å²) in [5.41, 5.74) is 0.383. The highest BCUT2D eigenvalue weighted by Gasteiger charge is 2.45. The number of hydrogen-bond acceptors (Lipinski definition) is 5. The third-order valence-electron chi connectivity index (χ3n) is 6.29. The molecular formula is C22H29N5O4. The third-order valence-corrected chi connectivity index (χ3v) is 6.29. The van der Waals surface area contributed by atoms with Gasteiger partial charge in [-0.1, -0.05) is 18.2 Å². The molecule has 31 heavy (non-hydrogen) atoms. The predicted molar refractivity (Wildman–Crippen MR) is 116 cm³/mol. The van der Waals surface area contributed by atoms with Gasteiger partial charge in [0.1, 0.15) is 11.2 Å². The van der Waals surface area contributed by atoms with Crippen molar-refractivity contribution in [1.82, 2.24) is 25.0 Å². The summed E-state index contributed by atoms with van der Waals surface area (Å²) in [7, 11) is 1.63.